The van der Waals surface area contributed by atoms with E-state index in [1.54, 1.807) is 6.07 Å². The Morgan fingerprint density at radius 1 is 1.17 bits per heavy atom. The number of pyridine rings is 1. The molecule has 8 heteroatoms. The summed E-state index contributed by atoms with van der Waals surface area (Å²) in [7, 11) is 1.53. The number of amides is 2. The molecule has 7 nitrogen and oxygen atoms in total. The van der Waals surface area contributed by atoms with E-state index in [4.69, 9.17) is 0 Å². The third kappa shape index (κ3) is 3.77. The molecule has 1 aliphatic rings. The highest BCUT2D eigenvalue weighted by Gasteiger charge is 2.18. The van der Waals surface area contributed by atoms with Gasteiger partial charge in [-0.1, -0.05) is 0 Å². The molecule has 0 aromatic carbocycles. The molecule has 0 bridgehead atoms. The van der Waals surface area contributed by atoms with Gasteiger partial charge in [0.05, 0.1) is 5.56 Å². The highest BCUT2D eigenvalue weighted by atomic mass is 32.1. The summed E-state index contributed by atoms with van der Waals surface area (Å²) in [4.78, 5) is 33.2. The average molecular weight is 345 g/mol. The second-order valence-corrected chi connectivity index (χ2v) is 6.62. The molecule has 0 spiro atoms. The summed E-state index contributed by atoms with van der Waals surface area (Å²) in [5.41, 5.74) is 0.665. The van der Waals surface area contributed by atoms with E-state index >= 15 is 0 Å². The van der Waals surface area contributed by atoms with Gasteiger partial charge in [-0.25, -0.2) is 4.98 Å². The van der Waals surface area contributed by atoms with Gasteiger partial charge in [-0.3, -0.25) is 19.9 Å². The third-order valence-electron chi connectivity index (χ3n) is 3.97. The maximum absolute atomic E-state index is 12.3. The number of anilines is 1. The van der Waals surface area contributed by atoms with E-state index in [2.05, 4.69) is 25.9 Å². The molecule has 0 saturated carbocycles. The summed E-state index contributed by atoms with van der Waals surface area (Å²) in [6, 6.07) is 3.10. The van der Waals surface area contributed by atoms with Gasteiger partial charge >= 0.3 is 0 Å². The van der Waals surface area contributed by atoms with Crippen molar-refractivity contribution < 1.29 is 9.59 Å². The number of piperidine rings is 1. The van der Waals surface area contributed by atoms with Gasteiger partial charge in [0.25, 0.3) is 11.8 Å². The van der Waals surface area contributed by atoms with Gasteiger partial charge in [0.2, 0.25) is 0 Å². The first kappa shape index (κ1) is 16.5. The normalized spacial score (nSPS) is 15.0. The fraction of sp³-hybridized carbons (Fsp3) is 0.375. The van der Waals surface area contributed by atoms with E-state index in [9.17, 15) is 9.59 Å². The smallest absolute Gasteiger partial charge is 0.269 e. The molecule has 2 aromatic heterocycles. The zero-order chi connectivity index (χ0) is 16.9. The Kier molecular flexibility index (Phi) is 5.17. The van der Waals surface area contributed by atoms with Crippen LogP contribution in [0.3, 0.4) is 0 Å². The Balaban J connectivity index is 1.64. The molecule has 24 heavy (non-hydrogen) atoms. The molecule has 3 heterocycles. The quantitative estimate of drug-likeness (QED) is 0.782. The lowest BCUT2D eigenvalue weighted by atomic mass is 9.97. The van der Waals surface area contributed by atoms with Crippen LogP contribution in [0.1, 0.15) is 44.5 Å². The molecule has 0 aliphatic carbocycles. The molecule has 0 radical (unpaired) electrons. The fourth-order valence-corrected chi connectivity index (χ4v) is 3.58. The summed E-state index contributed by atoms with van der Waals surface area (Å²) < 4.78 is 0. The molecule has 3 rings (SSSR count). The maximum Gasteiger partial charge on any atom is 0.269 e. The summed E-state index contributed by atoms with van der Waals surface area (Å²) in [6.07, 6.45) is 5.44. The molecule has 2 amide bonds. The predicted molar refractivity (Wildman–Crippen MR) is 92.5 cm³/mol. The van der Waals surface area contributed by atoms with E-state index in [0.717, 1.165) is 25.9 Å². The molecule has 1 fully saturated rings. The number of nitrogens with zero attached hydrogens (tertiary/aromatic N) is 2. The Morgan fingerprint density at radius 2 is 1.96 bits per heavy atom. The van der Waals surface area contributed by atoms with Crippen molar-refractivity contribution in [3.63, 3.8) is 0 Å². The van der Waals surface area contributed by atoms with Crippen molar-refractivity contribution in [3.8, 4) is 0 Å². The molecule has 3 N–H and O–H groups in total. The number of nitrogens with one attached hydrogen (secondary N) is 3. The van der Waals surface area contributed by atoms with Gasteiger partial charge < -0.3 is 10.6 Å². The van der Waals surface area contributed by atoms with E-state index in [0.29, 0.717) is 16.6 Å². The number of carbonyl (C=O) groups excluding carboxylic acids is 2. The zero-order valence-corrected chi connectivity index (χ0v) is 14.2. The van der Waals surface area contributed by atoms with Crippen LogP contribution in [0.5, 0.6) is 0 Å². The van der Waals surface area contributed by atoms with Crippen LogP contribution in [-0.2, 0) is 0 Å². The van der Waals surface area contributed by atoms with Gasteiger partial charge in [-0.05, 0) is 44.0 Å². The number of aromatic nitrogens is 2. The van der Waals surface area contributed by atoms with Crippen LogP contribution >= 0.6 is 11.3 Å². The lowest BCUT2D eigenvalue weighted by molar-refractivity contribution is 0.0955. The van der Waals surface area contributed by atoms with E-state index in [1.807, 2.05) is 6.20 Å². The van der Waals surface area contributed by atoms with Gasteiger partial charge in [0, 0.05) is 24.3 Å². The minimum atomic E-state index is -0.284. The van der Waals surface area contributed by atoms with Gasteiger partial charge in [0.1, 0.15) is 5.69 Å². The minimum Gasteiger partial charge on any atom is -0.354 e. The Labute approximate surface area is 143 Å². The molecular formula is C16H19N5O2S. The molecule has 0 atom stereocenters. The molecule has 1 saturated heterocycles. The van der Waals surface area contributed by atoms with Crippen LogP contribution in [0.4, 0.5) is 5.13 Å². The summed E-state index contributed by atoms with van der Waals surface area (Å²) in [5.74, 6) is -0.0476. The number of hydrogen-bond acceptors (Lipinski definition) is 6. The number of hydrogen-bond donors (Lipinski definition) is 3. The Morgan fingerprint density at radius 3 is 2.62 bits per heavy atom. The SMILES string of the molecule is CNC(=O)c1ccc(C(=O)Nc2ncc(C3CCNCC3)s2)cn1. The maximum atomic E-state index is 12.3. The minimum absolute atomic E-state index is 0.275. The first-order valence-electron chi connectivity index (χ1n) is 7.83. The van der Waals surface area contributed by atoms with Crippen LogP contribution in [0, 0.1) is 0 Å². The Bertz CT molecular complexity index is 722. The zero-order valence-electron chi connectivity index (χ0n) is 13.3. The first-order chi connectivity index (χ1) is 11.7. The van der Waals surface area contributed by atoms with Gasteiger partial charge in [-0.15, -0.1) is 11.3 Å². The molecule has 126 valence electrons. The summed E-state index contributed by atoms with van der Waals surface area (Å²) >= 11 is 1.52. The van der Waals surface area contributed by atoms with Crippen LogP contribution in [0.25, 0.3) is 0 Å². The van der Waals surface area contributed by atoms with Crippen molar-refractivity contribution in [1.29, 1.82) is 0 Å². The van der Waals surface area contributed by atoms with E-state index in [-0.39, 0.29) is 17.5 Å². The second kappa shape index (κ2) is 7.50. The average Bonchev–Trinajstić information content (AvgIpc) is 3.10. The standard InChI is InChI=1S/C16H19N5O2S/c1-17-15(23)12-3-2-11(8-19-12)14(22)21-16-20-9-13(24-16)10-4-6-18-7-5-10/h2-3,8-10,18H,4-7H2,1H3,(H,17,23)(H,20,21,22). The largest absolute Gasteiger partial charge is 0.354 e. The van der Waals surface area contributed by atoms with Crippen molar-refractivity contribution >= 4 is 28.3 Å². The number of thiazole rings is 1. The van der Waals surface area contributed by atoms with Crippen LogP contribution in [0.15, 0.2) is 24.5 Å². The van der Waals surface area contributed by atoms with Crippen LogP contribution in [-0.4, -0.2) is 41.9 Å². The van der Waals surface area contributed by atoms with Crippen molar-refractivity contribution in [2.45, 2.75) is 18.8 Å². The number of carbonyl (C=O) groups is 2. The molecule has 0 unspecified atom stereocenters. The lowest BCUT2D eigenvalue weighted by Gasteiger charge is -2.20. The highest BCUT2D eigenvalue weighted by Crippen LogP contribution is 2.31. The molecular weight excluding hydrogens is 326 g/mol. The Hall–Kier alpha value is -2.32. The topological polar surface area (TPSA) is 96.0 Å². The monoisotopic (exact) mass is 345 g/mol. The van der Waals surface area contributed by atoms with E-state index < -0.39 is 0 Å². The summed E-state index contributed by atoms with van der Waals surface area (Å²) in [6.45, 7) is 2.04. The molecule has 1 aliphatic heterocycles. The van der Waals surface area contributed by atoms with Crippen molar-refractivity contribution in [2.24, 2.45) is 0 Å². The van der Waals surface area contributed by atoms with E-state index in [1.165, 1.54) is 35.5 Å². The van der Waals surface area contributed by atoms with Crippen molar-refractivity contribution in [1.82, 2.24) is 20.6 Å². The van der Waals surface area contributed by atoms with Crippen molar-refractivity contribution in [3.05, 3.63) is 40.7 Å². The van der Waals surface area contributed by atoms with Gasteiger partial charge in [-0.2, -0.15) is 0 Å². The van der Waals surface area contributed by atoms with Gasteiger partial charge in [0.15, 0.2) is 5.13 Å². The van der Waals surface area contributed by atoms with Crippen molar-refractivity contribution in [2.75, 3.05) is 25.5 Å². The second-order valence-electron chi connectivity index (χ2n) is 5.56. The lowest BCUT2D eigenvalue weighted by Crippen LogP contribution is -2.26. The highest BCUT2D eigenvalue weighted by molar-refractivity contribution is 7.15. The molecule has 2 aromatic rings. The third-order valence-corrected chi connectivity index (χ3v) is 5.05. The van der Waals surface area contributed by atoms with Crippen LogP contribution < -0.4 is 16.0 Å². The van der Waals surface area contributed by atoms with Crippen LogP contribution in [0.2, 0.25) is 0 Å². The first-order valence-corrected chi connectivity index (χ1v) is 8.65. The fourth-order valence-electron chi connectivity index (χ4n) is 2.60. The summed E-state index contributed by atoms with van der Waals surface area (Å²) in [5, 5.41) is 9.21. The number of rotatable bonds is 4. The predicted octanol–water partition coefficient (Wildman–Crippen LogP) is 1.62.